The molecule has 0 radical (unpaired) electrons. The molecule has 1 N–H and O–H groups in total. The van der Waals surface area contributed by atoms with Crippen LogP contribution >= 0.6 is 0 Å². The van der Waals surface area contributed by atoms with E-state index in [9.17, 15) is 32.3 Å². The third kappa shape index (κ3) is 8.77. The molecule has 0 unspecified atom stereocenters. The molecule has 10 nitrogen and oxygen atoms in total. The SMILES string of the molecule is O=C(NCc1cccc(C(F)(F)F)c1)[C@H](CCC(=O)N1CCN(C2CCCCC2)CC1)N1C(=O)[C@@H](N2C(=O)OC[C@@H]2c2ccccc2)[C@H]1/C=C/c1ccccc1. The molecule has 3 aromatic carbocycles. The molecule has 3 aliphatic heterocycles. The lowest BCUT2D eigenvalue weighted by Gasteiger charge is -2.52. The lowest BCUT2D eigenvalue weighted by atomic mass is 9.87. The summed E-state index contributed by atoms with van der Waals surface area (Å²) >= 11 is 0. The minimum atomic E-state index is -4.56. The van der Waals surface area contributed by atoms with Crippen LogP contribution < -0.4 is 5.32 Å². The number of benzene rings is 3. The summed E-state index contributed by atoms with van der Waals surface area (Å²) in [6, 6.07) is 20.4. The van der Waals surface area contributed by atoms with E-state index in [0.717, 1.165) is 36.3 Å². The highest BCUT2D eigenvalue weighted by Gasteiger charge is 2.58. The summed E-state index contributed by atoms with van der Waals surface area (Å²) in [6.45, 7) is 2.54. The lowest BCUT2D eigenvalue weighted by Crippen LogP contribution is -2.74. The summed E-state index contributed by atoms with van der Waals surface area (Å²) in [5.74, 6) is -1.22. The molecule has 0 aromatic heterocycles. The fourth-order valence-corrected chi connectivity index (χ4v) is 8.57. The molecule has 4 atom stereocenters. The Morgan fingerprint density at radius 1 is 0.875 bits per heavy atom. The highest BCUT2D eigenvalue weighted by molar-refractivity contribution is 5.98. The van der Waals surface area contributed by atoms with Crippen molar-refractivity contribution in [3.8, 4) is 0 Å². The van der Waals surface area contributed by atoms with Crippen molar-refractivity contribution in [2.24, 2.45) is 0 Å². The molecule has 13 heteroatoms. The van der Waals surface area contributed by atoms with Crippen molar-refractivity contribution in [2.45, 2.75) is 87.9 Å². The number of carbonyl (C=O) groups is 4. The van der Waals surface area contributed by atoms with Crippen LogP contribution in [0, 0.1) is 0 Å². The Bertz CT molecular complexity index is 1880. The van der Waals surface area contributed by atoms with Crippen molar-refractivity contribution in [3.05, 3.63) is 113 Å². The number of hydrogen-bond acceptors (Lipinski definition) is 6. The molecule has 1 saturated carbocycles. The van der Waals surface area contributed by atoms with E-state index >= 15 is 0 Å². The van der Waals surface area contributed by atoms with Crippen molar-refractivity contribution < 1.29 is 37.1 Å². The van der Waals surface area contributed by atoms with Crippen molar-refractivity contribution in [2.75, 3.05) is 32.8 Å². The fourth-order valence-electron chi connectivity index (χ4n) is 8.57. The molecule has 296 valence electrons. The van der Waals surface area contributed by atoms with E-state index in [0.29, 0.717) is 19.1 Å². The summed E-state index contributed by atoms with van der Waals surface area (Å²) in [5, 5.41) is 2.75. The first-order chi connectivity index (χ1) is 27.1. The van der Waals surface area contributed by atoms with Gasteiger partial charge in [0.25, 0.3) is 0 Å². The Morgan fingerprint density at radius 2 is 1.57 bits per heavy atom. The molecule has 1 aliphatic carbocycles. The maximum Gasteiger partial charge on any atom is 0.416 e. The van der Waals surface area contributed by atoms with Crippen molar-refractivity contribution in [1.29, 1.82) is 0 Å². The number of rotatable bonds is 12. The lowest BCUT2D eigenvalue weighted by molar-refractivity contribution is -0.163. The third-order valence-electron chi connectivity index (χ3n) is 11.6. The number of alkyl halides is 3. The predicted molar refractivity (Wildman–Crippen MR) is 204 cm³/mol. The van der Waals surface area contributed by atoms with Crippen LogP contribution in [-0.2, 0) is 31.8 Å². The van der Waals surface area contributed by atoms with E-state index in [2.05, 4.69) is 10.2 Å². The number of hydrogen-bond donors (Lipinski definition) is 1. The second-order valence-electron chi connectivity index (χ2n) is 15.0. The number of cyclic esters (lactones) is 1. The number of β-lactam (4-membered cyclic amide) rings is 1. The summed E-state index contributed by atoms with van der Waals surface area (Å²) in [6.07, 6.45) is 4.44. The van der Waals surface area contributed by atoms with Gasteiger partial charge in [-0.15, -0.1) is 0 Å². The van der Waals surface area contributed by atoms with Crippen LogP contribution in [0.4, 0.5) is 18.0 Å². The first-order valence-electron chi connectivity index (χ1n) is 19.6. The van der Waals surface area contributed by atoms with Gasteiger partial charge in [0.1, 0.15) is 18.7 Å². The van der Waals surface area contributed by atoms with Gasteiger partial charge in [0.05, 0.1) is 17.6 Å². The maximum atomic E-state index is 14.4. The Kier molecular flexibility index (Phi) is 12.1. The number of ether oxygens (including phenoxy) is 1. The van der Waals surface area contributed by atoms with Crippen LogP contribution in [0.3, 0.4) is 0 Å². The third-order valence-corrected chi connectivity index (χ3v) is 11.6. The van der Waals surface area contributed by atoms with E-state index in [1.54, 1.807) is 6.08 Å². The number of halogens is 3. The van der Waals surface area contributed by atoms with Gasteiger partial charge in [-0.1, -0.05) is 104 Å². The molecule has 4 aliphatic rings. The standard InChI is InChI=1S/C43H48F3N5O5/c44-43(45,46)33-16-10-13-31(27-33)28-47-40(53)36(21-22-38(52)49-25-23-48(24-26-49)34-17-8-3-9-18-34)50-35(20-19-30-11-4-1-5-12-30)39(41(50)54)51-37(29-56-42(51)55)32-14-6-2-7-15-32/h1-2,4-7,10-16,19-20,27,34-37,39H,3,8-9,17-18,21-26,28-29H2,(H,47,53)/b20-19+/t35-,36+,37-,39+/m1/s1. The first-order valence-corrected chi connectivity index (χ1v) is 19.6. The average Bonchev–Trinajstić information content (AvgIpc) is 3.60. The highest BCUT2D eigenvalue weighted by atomic mass is 19.4. The normalized spacial score (nSPS) is 22.9. The van der Waals surface area contributed by atoms with Gasteiger partial charge in [-0.25, -0.2) is 4.79 Å². The molecule has 0 spiro atoms. The van der Waals surface area contributed by atoms with Crippen molar-refractivity contribution in [3.63, 3.8) is 0 Å². The van der Waals surface area contributed by atoms with Crippen LogP contribution in [-0.4, -0.2) is 100 Å². The van der Waals surface area contributed by atoms with Gasteiger partial charge in [0, 0.05) is 45.2 Å². The quantitative estimate of drug-likeness (QED) is 0.213. The summed E-state index contributed by atoms with van der Waals surface area (Å²) in [7, 11) is 0. The van der Waals surface area contributed by atoms with E-state index in [1.807, 2.05) is 71.6 Å². The average molecular weight is 772 g/mol. The Balaban J connectivity index is 1.14. The second kappa shape index (κ2) is 17.3. The Labute approximate surface area is 325 Å². The highest BCUT2D eigenvalue weighted by Crippen LogP contribution is 2.39. The van der Waals surface area contributed by atoms with Crippen LogP contribution in [0.1, 0.15) is 73.2 Å². The zero-order valence-electron chi connectivity index (χ0n) is 31.3. The maximum absolute atomic E-state index is 14.4. The molecule has 3 heterocycles. The molecule has 56 heavy (non-hydrogen) atoms. The fraction of sp³-hybridized carbons (Fsp3) is 0.442. The van der Waals surface area contributed by atoms with Gasteiger partial charge in [-0.2, -0.15) is 13.2 Å². The van der Waals surface area contributed by atoms with Gasteiger partial charge in [0.15, 0.2) is 0 Å². The van der Waals surface area contributed by atoms with E-state index in [1.165, 1.54) is 54.0 Å². The molecular weight excluding hydrogens is 723 g/mol. The number of likely N-dealkylation sites (tertiary alicyclic amines) is 1. The summed E-state index contributed by atoms with van der Waals surface area (Å²) in [5.41, 5.74) is 1.02. The zero-order valence-corrected chi connectivity index (χ0v) is 31.3. The molecule has 4 fully saturated rings. The van der Waals surface area contributed by atoms with Crippen LogP contribution in [0.25, 0.3) is 6.08 Å². The smallest absolute Gasteiger partial charge is 0.416 e. The van der Waals surface area contributed by atoms with Gasteiger partial charge >= 0.3 is 12.3 Å². The molecular formula is C43H48F3N5O5. The van der Waals surface area contributed by atoms with Crippen molar-refractivity contribution >= 4 is 29.9 Å². The van der Waals surface area contributed by atoms with Crippen molar-refractivity contribution in [1.82, 2.24) is 24.9 Å². The predicted octanol–water partition coefficient (Wildman–Crippen LogP) is 6.43. The van der Waals surface area contributed by atoms with E-state index in [4.69, 9.17) is 4.74 Å². The van der Waals surface area contributed by atoms with Gasteiger partial charge < -0.3 is 19.9 Å². The minimum absolute atomic E-state index is 0.0171. The number of nitrogens with zero attached hydrogens (tertiary/aromatic N) is 4. The van der Waals surface area contributed by atoms with E-state index < -0.39 is 53.8 Å². The molecule has 4 amide bonds. The Morgan fingerprint density at radius 3 is 2.27 bits per heavy atom. The molecule has 3 saturated heterocycles. The topological polar surface area (TPSA) is 103 Å². The van der Waals surface area contributed by atoms with Crippen LogP contribution in [0.5, 0.6) is 0 Å². The monoisotopic (exact) mass is 771 g/mol. The van der Waals surface area contributed by atoms with Gasteiger partial charge in [-0.3, -0.25) is 24.2 Å². The van der Waals surface area contributed by atoms with E-state index in [-0.39, 0.29) is 37.5 Å². The number of amides is 4. The number of nitrogens with one attached hydrogen (secondary N) is 1. The molecule has 0 bridgehead atoms. The van der Waals surface area contributed by atoms with Crippen LogP contribution in [0.15, 0.2) is 91.0 Å². The minimum Gasteiger partial charge on any atom is -0.447 e. The number of piperazine rings is 1. The molecule has 3 aromatic rings. The summed E-state index contributed by atoms with van der Waals surface area (Å²) < 4.78 is 46.0. The van der Waals surface area contributed by atoms with Crippen LogP contribution in [0.2, 0.25) is 0 Å². The van der Waals surface area contributed by atoms with Gasteiger partial charge in [-0.05, 0) is 48.1 Å². The Hall–Kier alpha value is -5.17. The second-order valence-corrected chi connectivity index (χ2v) is 15.0. The summed E-state index contributed by atoms with van der Waals surface area (Å²) in [4.78, 5) is 62.8. The molecule has 7 rings (SSSR count). The van der Waals surface area contributed by atoms with Gasteiger partial charge in [0.2, 0.25) is 17.7 Å². The first kappa shape index (κ1) is 39.1. The number of carbonyl (C=O) groups excluding carboxylic acids is 4. The largest absolute Gasteiger partial charge is 0.447 e. The zero-order chi connectivity index (χ0) is 39.2.